The molecule has 1 aromatic carbocycles. The molecule has 0 aliphatic carbocycles. The molecular weight excluding hydrogens is 246 g/mol. The third-order valence-corrected chi connectivity index (χ3v) is 2.63. The zero-order valence-electron chi connectivity index (χ0n) is 10.0. The number of amides is 1. The molecule has 6 nitrogen and oxygen atoms in total. The summed E-state index contributed by atoms with van der Waals surface area (Å²) in [5, 5.41) is 10.7. The monoisotopic (exact) mass is 258 g/mol. The van der Waals surface area contributed by atoms with Gasteiger partial charge in [-0.3, -0.25) is 14.9 Å². The first-order valence-corrected chi connectivity index (χ1v) is 5.58. The number of hydrogen-bond donors (Lipinski definition) is 1. The number of non-ortho nitro benzene ring substituents is 1. The van der Waals surface area contributed by atoms with Crippen molar-refractivity contribution >= 4 is 11.6 Å². The van der Waals surface area contributed by atoms with Gasteiger partial charge in [-0.2, -0.15) is 4.57 Å². The quantitative estimate of drug-likeness (QED) is 0.504. The maximum absolute atomic E-state index is 11.1. The van der Waals surface area contributed by atoms with E-state index in [2.05, 4.69) is 0 Å². The van der Waals surface area contributed by atoms with E-state index < -0.39 is 10.8 Å². The van der Waals surface area contributed by atoms with E-state index in [4.69, 9.17) is 5.73 Å². The molecule has 0 aliphatic heterocycles. The molecule has 0 unspecified atom stereocenters. The third-order valence-electron chi connectivity index (χ3n) is 2.63. The molecule has 0 fully saturated rings. The second-order valence-electron chi connectivity index (χ2n) is 4.06. The second kappa shape index (κ2) is 5.26. The topological polar surface area (TPSA) is 90.1 Å². The van der Waals surface area contributed by atoms with E-state index in [-0.39, 0.29) is 5.69 Å². The van der Waals surface area contributed by atoms with Gasteiger partial charge in [0.15, 0.2) is 18.9 Å². The third kappa shape index (κ3) is 3.12. The molecule has 0 saturated heterocycles. The highest BCUT2D eigenvalue weighted by Gasteiger charge is 2.11. The van der Waals surface area contributed by atoms with E-state index in [0.29, 0.717) is 12.1 Å². The molecule has 2 aromatic rings. The molecule has 2 rings (SSSR count). The minimum Gasteiger partial charge on any atom is -0.365 e. The largest absolute Gasteiger partial charge is 0.365 e. The Balaban J connectivity index is 2.26. The Morgan fingerprint density at radius 2 is 2.11 bits per heavy atom. The number of nitrogens with two attached hydrogens (primary N) is 1. The Morgan fingerprint density at radius 1 is 1.32 bits per heavy atom. The molecule has 1 amide bonds. The Bertz CT molecular complexity index is 585. The van der Waals surface area contributed by atoms with Crippen molar-refractivity contribution < 1.29 is 14.3 Å². The highest BCUT2D eigenvalue weighted by molar-refractivity contribution is 5.92. The Labute approximate surface area is 109 Å². The fourth-order valence-corrected chi connectivity index (χ4v) is 1.75. The highest BCUT2D eigenvalue weighted by Crippen LogP contribution is 2.12. The van der Waals surface area contributed by atoms with Crippen LogP contribution in [0, 0.1) is 10.1 Å². The number of nitro groups is 1. The van der Waals surface area contributed by atoms with E-state index in [1.54, 1.807) is 41.2 Å². The average Bonchev–Trinajstić information content (AvgIpc) is 2.39. The van der Waals surface area contributed by atoms with E-state index in [0.717, 1.165) is 5.56 Å². The van der Waals surface area contributed by atoms with Crippen LogP contribution in [0.25, 0.3) is 0 Å². The lowest BCUT2D eigenvalue weighted by molar-refractivity contribution is -0.688. The Morgan fingerprint density at radius 3 is 2.79 bits per heavy atom. The molecule has 6 heteroatoms. The lowest BCUT2D eigenvalue weighted by Gasteiger charge is -1.99. The first kappa shape index (κ1) is 12.7. The average molecular weight is 258 g/mol. The van der Waals surface area contributed by atoms with Gasteiger partial charge in [-0.15, -0.1) is 0 Å². The molecule has 0 radical (unpaired) electrons. The number of benzene rings is 1. The van der Waals surface area contributed by atoms with Crippen LogP contribution >= 0.6 is 0 Å². The summed E-state index contributed by atoms with van der Waals surface area (Å²) in [6.45, 7) is 0.433. The standard InChI is InChI=1S/C13H11N3O3/c14-13(17)11-4-2-6-15(9-11)8-10-3-1-5-12(7-10)16(18)19/h1-7,9H,8H2,(H-,14,17)/p+1. The molecular formula is C13H12N3O3+. The van der Waals surface area contributed by atoms with Gasteiger partial charge in [-0.25, -0.2) is 0 Å². The van der Waals surface area contributed by atoms with E-state index in [9.17, 15) is 14.9 Å². The van der Waals surface area contributed by atoms with Crippen molar-refractivity contribution in [1.82, 2.24) is 0 Å². The van der Waals surface area contributed by atoms with Crippen molar-refractivity contribution in [3.63, 3.8) is 0 Å². The maximum atomic E-state index is 11.1. The number of nitrogens with zero attached hydrogens (tertiary/aromatic N) is 2. The Kier molecular flexibility index (Phi) is 3.51. The predicted octanol–water partition coefficient (Wildman–Crippen LogP) is 1.03. The first-order chi connectivity index (χ1) is 9.06. The normalized spacial score (nSPS) is 10.1. The molecule has 2 N–H and O–H groups in total. The van der Waals surface area contributed by atoms with Crippen LogP contribution in [0.5, 0.6) is 0 Å². The van der Waals surface area contributed by atoms with E-state index in [1.807, 2.05) is 0 Å². The van der Waals surface area contributed by atoms with Crippen molar-refractivity contribution in [1.29, 1.82) is 0 Å². The van der Waals surface area contributed by atoms with Crippen molar-refractivity contribution in [3.05, 3.63) is 70.0 Å². The number of rotatable bonds is 4. The SMILES string of the molecule is NC(=O)c1ccc[n+](Cc2cccc([N+](=O)[O-])c2)c1. The van der Waals surface area contributed by atoms with Crippen molar-refractivity contribution in [2.75, 3.05) is 0 Å². The number of pyridine rings is 1. The van der Waals surface area contributed by atoms with Gasteiger partial charge < -0.3 is 5.73 Å². The summed E-state index contributed by atoms with van der Waals surface area (Å²) >= 11 is 0. The smallest absolute Gasteiger partial charge is 0.269 e. The molecule has 1 aromatic heterocycles. The fraction of sp³-hybridized carbons (Fsp3) is 0.0769. The second-order valence-corrected chi connectivity index (χ2v) is 4.06. The number of hydrogen-bond acceptors (Lipinski definition) is 3. The predicted molar refractivity (Wildman–Crippen MR) is 67.4 cm³/mol. The minimum atomic E-state index is -0.506. The summed E-state index contributed by atoms with van der Waals surface area (Å²) in [5.74, 6) is -0.506. The number of primary amides is 1. The van der Waals surface area contributed by atoms with Gasteiger partial charge in [0, 0.05) is 23.8 Å². The zero-order valence-corrected chi connectivity index (χ0v) is 10.0. The molecule has 19 heavy (non-hydrogen) atoms. The lowest BCUT2D eigenvalue weighted by atomic mass is 10.2. The first-order valence-electron chi connectivity index (χ1n) is 5.58. The highest BCUT2D eigenvalue weighted by atomic mass is 16.6. The number of carbonyl (C=O) groups excluding carboxylic acids is 1. The summed E-state index contributed by atoms with van der Waals surface area (Å²) < 4.78 is 1.75. The lowest BCUT2D eigenvalue weighted by Crippen LogP contribution is -2.35. The summed E-state index contributed by atoms with van der Waals surface area (Å²) in [6, 6.07) is 9.69. The molecule has 0 saturated carbocycles. The van der Waals surface area contributed by atoms with Gasteiger partial charge >= 0.3 is 0 Å². The van der Waals surface area contributed by atoms with E-state index in [1.165, 1.54) is 12.1 Å². The van der Waals surface area contributed by atoms with Gasteiger partial charge in [0.1, 0.15) is 5.56 Å². The van der Waals surface area contributed by atoms with Crippen molar-refractivity contribution in [2.45, 2.75) is 6.54 Å². The van der Waals surface area contributed by atoms with E-state index >= 15 is 0 Å². The van der Waals surface area contributed by atoms with Gasteiger partial charge in [-0.05, 0) is 6.07 Å². The van der Waals surface area contributed by atoms with Gasteiger partial charge in [0.2, 0.25) is 0 Å². The summed E-state index contributed by atoms with van der Waals surface area (Å²) in [5.41, 5.74) is 6.42. The zero-order chi connectivity index (χ0) is 13.8. The minimum absolute atomic E-state index is 0.0455. The van der Waals surface area contributed by atoms with Crippen LogP contribution in [0.15, 0.2) is 48.8 Å². The molecule has 0 atom stereocenters. The number of aromatic nitrogens is 1. The molecule has 0 spiro atoms. The van der Waals surface area contributed by atoms with Crippen LogP contribution in [0.4, 0.5) is 5.69 Å². The van der Waals surface area contributed by atoms with Gasteiger partial charge in [0.25, 0.3) is 11.6 Å². The van der Waals surface area contributed by atoms with Crippen molar-refractivity contribution in [2.24, 2.45) is 5.73 Å². The van der Waals surface area contributed by atoms with Crippen LogP contribution < -0.4 is 10.3 Å². The Hall–Kier alpha value is -2.76. The summed E-state index contributed by atoms with van der Waals surface area (Å²) in [7, 11) is 0. The fourth-order valence-electron chi connectivity index (χ4n) is 1.75. The van der Waals surface area contributed by atoms with Crippen LogP contribution in [0.2, 0.25) is 0 Å². The van der Waals surface area contributed by atoms with Crippen LogP contribution in [-0.4, -0.2) is 10.8 Å². The molecule has 1 heterocycles. The molecule has 0 aliphatic rings. The van der Waals surface area contributed by atoms with Gasteiger partial charge in [0.05, 0.1) is 4.92 Å². The van der Waals surface area contributed by atoms with Gasteiger partial charge in [-0.1, -0.05) is 12.1 Å². The van der Waals surface area contributed by atoms with Crippen LogP contribution in [0.3, 0.4) is 0 Å². The summed E-state index contributed by atoms with van der Waals surface area (Å²) in [6.07, 6.45) is 3.38. The van der Waals surface area contributed by atoms with Crippen LogP contribution in [0.1, 0.15) is 15.9 Å². The maximum Gasteiger partial charge on any atom is 0.269 e. The number of carbonyl (C=O) groups is 1. The van der Waals surface area contributed by atoms with Crippen molar-refractivity contribution in [3.8, 4) is 0 Å². The molecule has 96 valence electrons. The summed E-state index contributed by atoms with van der Waals surface area (Å²) in [4.78, 5) is 21.3. The number of nitro benzene ring substituents is 1. The molecule has 0 bridgehead atoms. The van der Waals surface area contributed by atoms with Crippen LogP contribution in [-0.2, 0) is 6.54 Å².